The summed E-state index contributed by atoms with van der Waals surface area (Å²) in [5, 5.41) is 3.38. The summed E-state index contributed by atoms with van der Waals surface area (Å²) in [6.07, 6.45) is 0. The minimum absolute atomic E-state index is 0.514. The Bertz CT molecular complexity index is 534. The van der Waals surface area contributed by atoms with Gasteiger partial charge in [0.2, 0.25) is 0 Å². The van der Waals surface area contributed by atoms with Gasteiger partial charge in [0.1, 0.15) is 0 Å². The van der Waals surface area contributed by atoms with Crippen LogP contribution in [0.1, 0.15) is 24.0 Å². The molecule has 0 aromatic heterocycles. The SMILES string of the molecule is CC(CNCC#Cc1ccccc1)c1ccccc1. The minimum Gasteiger partial charge on any atom is -0.306 e. The maximum Gasteiger partial charge on any atom is 0.0580 e. The van der Waals surface area contributed by atoms with Gasteiger partial charge in [-0.25, -0.2) is 0 Å². The summed E-state index contributed by atoms with van der Waals surface area (Å²) in [4.78, 5) is 0. The van der Waals surface area contributed by atoms with Gasteiger partial charge in [0.05, 0.1) is 6.54 Å². The van der Waals surface area contributed by atoms with Crippen LogP contribution in [0, 0.1) is 11.8 Å². The second kappa shape index (κ2) is 7.41. The van der Waals surface area contributed by atoms with E-state index in [1.807, 2.05) is 30.3 Å². The van der Waals surface area contributed by atoms with E-state index in [1.54, 1.807) is 0 Å². The van der Waals surface area contributed by atoms with Crippen molar-refractivity contribution in [1.82, 2.24) is 5.32 Å². The van der Waals surface area contributed by atoms with Gasteiger partial charge in [0.15, 0.2) is 0 Å². The van der Waals surface area contributed by atoms with E-state index in [4.69, 9.17) is 0 Å². The highest BCUT2D eigenvalue weighted by Gasteiger charge is 2.02. The molecule has 2 rings (SSSR count). The highest BCUT2D eigenvalue weighted by atomic mass is 14.8. The average Bonchev–Trinajstić information content (AvgIpc) is 2.49. The summed E-state index contributed by atoms with van der Waals surface area (Å²) in [7, 11) is 0. The van der Waals surface area contributed by atoms with E-state index in [9.17, 15) is 0 Å². The van der Waals surface area contributed by atoms with Crippen molar-refractivity contribution in [1.29, 1.82) is 0 Å². The molecular weight excluding hydrogens is 230 g/mol. The maximum absolute atomic E-state index is 3.38. The van der Waals surface area contributed by atoms with E-state index >= 15 is 0 Å². The fourth-order valence-corrected chi connectivity index (χ4v) is 1.92. The number of hydrogen-bond acceptors (Lipinski definition) is 1. The number of benzene rings is 2. The lowest BCUT2D eigenvalue weighted by atomic mass is 10.0. The average molecular weight is 249 g/mol. The van der Waals surface area contributed by atoms with E-state index in [1.165, 1.54) is 5.56 Å². The molecule has 0 radical (unpaired) electrons. The molecule has 1 unspecified atom stereocenters. The van der Waals surface area contributed by atoms with Crippen molar-refractivity contribution < 1.29 is 0 Å². The molecule has 0 fully saturated rings. The number of rotatable bonds is 4. The first kappa shape index (κ1) is 13.4. The fraction of sp³-hybridized carbons (Fsp3) is 0.222. The highest BCUT2D eigenvalue weighted by molar-refractivity contribution is 5.33. The van der Waals surface area contributed by atoms with Gasteiger partial charge in [0.25, 0.3) is 0 Å². The Morgan fingerprint density at radius 1 is 0.947 bits per heavy atom. The van der Waals surface area contributed by atoms with Gasteiger partial charge in [0, 0.05) is 12.1 Å². The van der Waals surface area contributed by atoms with E-state index in [-0.39, 0.29) is 0 Å². The lowest BCUT2D eigenvalue weighted by molar-refractivity contribution is 0.656. The topological polar surface area (TPSA) is 12.0 Å². The van der Waals surface area contributed by atoms with Crippen molar-refractivity contribution in [3.63, 3.8) is 0 Å². The smallest absolute Gasteiger partial charge is 0.0580 e. The van der Waals surface area contributed by atoms with Crippen LogP contribution in [-0.4, -0.2) is 13.1 Å². The van der Waals surface area contributed by atoms with Gasteiger partial charge in [-0.15, -0.1) is 0 Å². The molecule has 96 valence electrons. The molecule has 0 heterocycles. The summed E-state index contributed by atoms with van der Waals surface area (Å²) in [5.41, 5.74) is 2.44. The molecule has 1 heteroatoms. The third kappa shape index (κ3) is 4.62. The van der Waals surface area contributed by atoms with E-state index in [0.29, 0.717) is 5.92 Å². The van der Waals surface area contributed by atoms with Crippen molar-refractivity contribution in [2.75, 3.05) is 13.1 Å². The summed E-state index contributed by atoms with van der Waals surface area (Å²) in [6, 6.07) is 20.6. The zero-order valence-electron chi connectivity index (χ0n) is 11.3. The normalized spacial score (nSPS) is 11.4. The molecule has 2 aromatic rings. The molecule has 2 aromatic carbocycles. The van der Waals surface area contributed by atoms with Crippen LogP contribution in [0.5, 0.6) is 0 Å². The van der Waals surface area contributed by atoms with Gasteiger partial charge in [-0.2, -0.15) is 0 Å². The Kier molecular flexibility index (Phi) is 5.22. The first-order valence-corrected chi connectivity index (χ1v) is 6.66. The van der Waals surface area contributed by atoms with E-state index in [2.05, 4.69) is 54.4 Å². The van der Waals surface area contributed by atoms with Crippen molar-refractivity contribution in [3.8, 4) is 11.8 Å². The largest absolute Gasteiger partial charge is 0.306 e. The quantitative estimate of drug-likeness (QED) is 0.646. The zero-order valence-corrected chi connectivity index (χ0v) is 11.3. The van der Waals surface area contributed by atoms with Crippen LogP contribution in [-0.2, 0) is 0 Å². The summed E-state index contributed by atoms with van der Waals surface area (Å²) in [6.45, 7) is 3.91. The van der Waals surface area contributed by atoms with Gasteiger partial charge in [-0.1, -0.05) is 67.3 Å². The second-order valence-electron chi connectivity index (χ2n) is 4.61. The summed E-state index contributed by atoms with van der Waals surface area (Å²) in [5.74, 6) is 6.81. The Morgan fingerprint density at radius 2 is 1.58 bits per heavy atom. The Labute approximate surface area is 115 Å². The third-order valence-electron chi connectivity index (χ3n) is 3.04. The standard InChI is InChI=1S/C18H19N/c1-16(18-12-6-3-7-13-18)15-19-14-8-11-17-9-4-2-5-10-17/h2-7,9-10,12-13,16,19H,14-15H2,1H3. The molecule has 0 aliphatic heterocycles. The molecule has 0 saturated carbocycles. The van der Waals surface area contributed by atoms with Crippen molar-refractivity contribution in [2.45, 2.75) is 12.8 Å². The molecule has 0 spiro atoms. The van der Waals surface area contributed by atoms with Crippen molar-refractivity contribution >= 4 is 0 Å². The first-order valence-electron chi connectivity index (χ1n) is 6.66. The van der Waals surface area contributed by atoms with E-state index in [0.717, 1.165) is 18.7 Å². The van der Waals surface area contributed by atoms with Gasteiger partial charge < -0.3 is 5.32 Å². The Hall–Kier alpha value is -2.04. The van der Waals surface area contributed by atoms with Gasteiger partial charge >= 0.3 is 0 Å². The van der Waals surface area contributed by atoms with E-state index < -0.39 is 0 Å². The van der Waals surface area contributed by atoms with Crippen LogP contribution in [0.15, 0.2) is 60.7 Å². The molecule has 19 heavy (non-hydrogen) atoms. The number of hydrogen-bond donors (Lipinski definition) is 1. The summed E-state index contributed by atoms with van der Waals surface area (Å²) >= 11 is 0. The monoisotopic (exact) mass is 249 g/mol. The lowest BCUT2D eigenvalue weighted by Gasteiger charge is -2.11. The maximum atomic E-state index is 3.38. The molecule has 0 saturated heterocycles. The molecular formula is C18H19N. The zero-order chi connectivity index (χ0) is 13.3. The molecule has 1 N–H and O–H groups in total. The third-order valence-corrected chi connectivity index (χ3v) is 3.04. The van der Waals surface area contributed by atoms with Crippen LogP contribution < -0.4 is 5.32 Å². The summed E-state index contributed by atoms with van der Waals surface area (Å²) < 4.78 is 0. The molecule has 0 aliphatic carbocycles. The highest BCUT2D eigenvalue weighted by Crippen LogP contribution is 2.12. The van der Waals surface area contributed by atoms with Crippen LogP contribution in [0.4, 0.5) is 0 Å². The predicted octanol–water partition coefficient (Wildman–Crippen LogP) is 3.43. The molecule has 0 aliphatic rings. The first-order chi connectivity index (χ1) is 9.36. The molecule has 0 bridgehead atoms. The van der Waals surface area contributed by atoms with Crippen LogP contribution >= 0.6 is 0 Å². The second-order valence-corrected chi connectivity index (χ2v) is 4.61. The Balaban J connectivity index is 1.74. The molecule has 1 nitrogen and oxygen atoms in total. The number of nitrogens with one attached hydrogen (secondary N) is 1. The lowest BCUT2D eigenvalue weighted by Crippen LogP contribution is -2.20. The van der Waals surface area contributed by atoms with Crippen molar-refractivity contribution in [3.05, 3.63) is 71.8 Å². The van der Waals surface area contributed by atoms with Gasteiger partial charge in [-0.05, 0) is 23.6 Å². The fourth-order valence-electron chi connectivity index (χ4n) is 1.92. The van der Waals surface area contributed by atoms with Crippen molar-refractivity contribution in [2.24, 2.45) is 0 Å². The minimum atomic E-state index is 0.514. The van der Waals surface area contributed by atoms with Gasteiger partial charge in [-0.3, -0.25) is 0 Å². The molecule has 0 amide bonds. The predicted molar refractivity (Wildman–Crippen MR) is 81.0 cm³/mol. The molecule has 1 atom stereocenters. The van der Waals surface area contributed by atoms with Crippen LogP contribution in [0.25, 0.3) is 0 Å². The Morgan fingerprint density at radius 3 is 2.26 bits per heavy atom. The van der Waals surface area contributed by atoms with Crippen LogP contribution in [0.2, 0.25) is 0 Å². The van der Waals surface area contributed by atoms with Crippen LogP contribution in [0.3, 0.4) is 0 Å².